The number of carbonyl (C=O) groups excluding carboxylic acids is 1. The summed E-state index contributed by atoms with van der Waals surface area (Å²) in [6, 6.07) is 7.37. The second kappa shape index (κ2) is 5.81. The second-order valence-corrected chi connectivity index (χ2v) is 6.53. The highest BCUT2D eigenvalue weighted by molar-refractivity contribution is 5.82. The van der Waals surface area contributed by atoms with Crippen molar-refractivity contribution in [3.8, 4) is 0 Å². The van der Waals surface area contributed by atoms with Gasteiger partial charge < -0.3 is 10.0 Å². The molecule has 1 saturated heterocycles. The number of para-hydroxylation sites is 2. The number of carboxylic acids is 1. The van der Waals surface area contributed by atoms with Gasteiger partial charge in [-0.3, -0.25) is 18.7 Å². The van der Waals surface area contributed by atoms with E-state index in [1.165, 1.54) is 4.57 Å². The van der Waals surface area contributed by atoms with Crippen LogP contribution in [0.15, 0.2) is 29.1 Å². The quantitative estimate of drug-likeness (QED) is 0.911. The van der Waals surface area contributed by atoms with E-state index in [-0.39, 0.29) is 24.7 Å². The molecule has 1 aliphatic heterocycles. The van der Waals surface area contributed by atoms with E-state index in [0.717, 1.165) is 11.0 Å². The minimum atomic E-state index is -0.905. The van der Waals surface area contributed by atoms with Crippen LogP contribution in [0.1, 0.15) is 20.3 Å². The number of fused-ring (bicyclic) bond motifs is 1. The average Bonchev–Trinajstić information content (AvgIpc) is 3.08. The standard InChI is InChI=1S/C17H21N3O4/c1-3-19-12-6-4-5-7-13(12)20(16(19)24)10-14(21)18-9-8-17(2,11-18)15(22)23/h4-7H,3,8-11H2,1-2H3,(H,22,23). The van der Waals surface area contributed by atoms with Crippen LogP contribution in [0, 0.1) is 5.41 Å². The lowest BCUT2D eigenvalue weighted by Crippen LogP contribution is -2.38. The third-order valence-corrected chi connectivity index (χ3v) is 4.88. The van der Waals surface area contributed by atoms with Crippen LogP contribution in [0.4, 0.5) is 0 Å². The molecule has 0 spiro atoms. The van der Waals surface area contributed by atoms with Gasteiger partial charge in [0, 0.05) is 19.6 Å². The number of aromatic nitrogens is 2. The highest BCUT2D eigenvalue weighted by Crippen LogP contribution is 2.30. The summed E-state index contributed by atoms with van der Waals surface area (Å²) in [7, 11) is 0. The summed E-state index contributed by atoms with van der Waals surface area (Å²) in [5.74, 6) is -1.11. The smallest absolute Gasteiger partial charge is 0.329 e. The van der Waals surface area contributed by atoms with Gasteiger partial charge in [0.25, 0.3) is 0 Å². The van der Waals surface area contributed by atoms with Crippen LogP contribution in [0.25, 0.3) is 11.0 Å². The number of hydrogen-bond donors (Lipinski definition) is 1. The fraction of sp³-hybridized carbons (Fsp3) is 0.471. The Labute approximate surface area is 139 Å². The van der Waals surface area contributed by atoms with E-state index < -0.39 is 11.4 Å². The first-order chi connectivity index (χ1) is 11.4. The molecule has 0 saturated carbocycles. The van der Waals surface area contributed by atoms with Crippen molar-refractivity contribution in [2.24, 2.45) is 5.41 Å². The van der Waals surface area contributed by atoms with Gasteiger partial charge in [0.2, 0.25) is 5.91 Å². The predicted octanol–water partition coefficient (Wildman–Crippen LogP) is 1.15. The molecule has 1 N–H and O–H groups in total. The van der Waals surface area contributed by atoms with Crippen LogP contribution in [0.5, 0.6) is 0 Å². The summed E-state index contributed by atoms with van der Waals surface area (Å²) in [5.41, 5.74) is 0.401. The summed E-state index contributed by atoms with van der Waals surface area (Å²) in [6.07, 6.45) is 0.430. The third-order valence-electron chi connectivity index (χ3n) is 4.88. The van der Waals surface area contributed by atoms with Gasteiger partial charge in [0.05, 0.1) is 16.4 Å². The maximum Gasteiger partial charge on any atom is 0.329 e. The van der Waals surface area contributed by atoms with Crippen LogP contribution in [-0.4, -0.2) is 44.1 Å². The van der Waals surface area contributed by atoms with Crippen LogP contribution in [0.3, 0.4) is 0 Å². The largest absolute Gasteiger partial charge is 0.481 e. The van der Waals surface area contributed by atoms with E-state index in [0.29, 0.717) is 19.5 Å². The molecule has 3 rings (SSSR count). The zero-order valence-corrected chi connectivity index (χ0v) is 13.9. The molecule has 1 atom stereocenters. The van der Waals surface area contributed by atoms with E-state index >= 15 is 0 Å². The lowest BCUT2D eigenvalue weighted by atomic mass is 9.90. The number of imidazole rings is 1. The molecule has 1 amide bonds. The van der Waals surface area contributed by atoms with Gasteiger partial charge in [-0.2, -0.15) is 0 Å². The molecular formula is C17H21N3O4. The van der Waals surface area contributed by atoms with E-state index in [1.807, 2.05) is 31.2 Å². The van der Waals surface area contributed by atoms with Crippen molar-refractivity contribution in [3.05, 3.63) is 34.7 Å². The molecule has 1 aromatic carbocycles. The Bertz CT molecular complexity index is 866. The number of rotatable bonds is 4. The predicted molar refractivity (Wildman–Crippen MR) is 88.8 cm³/mol. The van der Waals surface area contributed by atoms with Crippen molar-refractivity contribution in [3.63, 3.8) is 0 Å². The molecule has 1 fully saturated rings. The Hall–Kier alpha value is -2.57. The molecule has 1 aliphatic rings. The lowest BCUT2D eigenvalue weighted by molar-refractivity contribution is -0.147. The van der Waals surface area contributed by atoms with E-state index in [4.69, 9.17) is 0 Å². The first kappa shape index (κ1) is 16.3. The molecule has 0 radical (unpaired) electrons. The van der Waals surface area contributed by atoms with Crippen LogP contribution in [-0.2, 0) is 22.7 Å². The molecule has 2 aromatic rings. The lowest BCUT2D eigenvalue weighted by Gasteiger charge is -2.20. The number of benzene rings is 1. The van der Waals surface area contributed by atoms with E-state index in [9.17, 15) is 19.5 Å². The third kappa shape index (κ3) is 2.50. The van der Waals surface area contributed by atoms with Crippen molar-refractivity contribution in [1.82, 2.24) is 14.0 Å². The van der Waals surface area contributed by atoms with Crippen molar-refractivity contribution in [2.45, 2.75) is 33.4 Å². The van der Waals surface area contributed by atoms with Crippen LogP contribution < -0.4 is 5.69 Å². The number of hydrogen-bond acceptors (Lipinski definition) is 3. The molecule has 1 unspecified atom stereocenters. The normalized spacial score (nSPS) is 20.7. The number of likely N-dealkylation sites (tertiary alicyclic amines) is 1. The van der Waals surface area contributed by atoms with Gasteiger partial charge in [0.15, 0.2) is 0 Å². The van der Waals surface area contributed by atoms with Gasteiger partial charge in [0.1, 0.15) is 6.54 Å². The van der Waals surface area contributed by atoms with Gasteiger partial charge in [-0.15, -0.1) is 0 Å². The minimum Gasteiger partial charge on any atom is -0.481 e. The molecule has 24 heavy (non-hydrogen) atoms. The Morgan fingerprint density at radius 1 is 1.21 bits per heavy atom. The zero-order chi connectivity index (χ0) is 17.5. The molecule has 7 heteroatoms. The molecule has 1 aromatic heterocycles. The summed E-state index contributed by atoms with van der Waals surface area (Å²) >= 11 is 0. The maximum atomic E-state index is 12.6. The van der Waals surface area contributed by atoms with Gasteiger partial charge >= 0.3 is 11.7 Å². The first-order valence-electron chi connectivity index (χ1n) is 8.06. The van der Waals surface area contributed by atoms with Crippen molar-refractivity contribution >= 4 is 22.9 Å². The topological polar surface area (TPSA) is 84.5 Å². The molecular weight excluding hydrogens is 310 g/mol. The SMILES string of the molecule is CCn1c(=O)n(CC(=O)N2CCC(C)(C(=O)O)C2)c2ccccc21. The summed E-state index contributed by atoms with van der Waals surface area (Å²) in [6.45, 7) is 4.59. The van der Waals surface area contributed by atoms with Crippen molar-refractivity contribution < 1.29 is 14.7 Å². The van der Waals surface area contributed by atoms with Gasteiger partial charge in [-0.05, 0) is 32.4 Å². The number of aryl methyl sites for hydroxylation is 1. The fourth-order valence-corrected chi connectivity index (χ4v) is 3.31. The van der Waals surface area contributed by atoms with E-state index in [1.54, 1.807) is 16.4 Å². The molecule has 2 heterocycles. The Balaban J connectivity index is 1.89. The average molecular weight is 331 g/mol. The number of carbonyl (C=O) groups is 2. The molecule has 7 nitrogen and oxygen atoms in total. The highest BCUT2D eigenvalue weighted by Gasteiger charge is 2.42. The maximum absolute atomic E-state index is 12.6. The van der Waals surface area contributed by atoms with Crippen molar-refractivity contribution in [2.75, 3.05) is 13.1 Å². The number of aliphatic carboxylic acids is 1. The summed E-state index contributed by atoms with van der Waals surface area (Å²) < 4.78 is 3.10. The second-order valence-electron chi connectivity index (χ2n) is 6.53. The molecule has 128 valence electrons. The Kier molecular flexibility index (Phi) is 3.95. The number of amides is 1. The minimum absolute atomic E-state index is 0.0674. The first-order valence-corrected chi connectivity index (χ1v) is 8.06. The van der Waals surface area contributed by atoms with Crippen LogP contribution in [0.2, 0.25) is 0 Å². The summed E-state index contributed by atoms with van der Waals surface area (Å²) in [5, 5.41) is 9.29. The molecule has 0 bridgehead atoms. The Morgan fingerprint density at radius 3 is 2.38 bits per heavy atom. The van der Waals surface area contributed by atoms with Gasteiger partial charge in [-0.25, -0.2) is 4.79 Å². The Morgan fingerprint density at radius 2 is 1.83 bits per heavy atom. The van der Waals surface area contributed by atoms with Crippen LogP contribution >= 0.6 is 0 Å². The summed E-state index contributed by atoms with van der Waals surface area (Å²) in [4.78, 5) is 38.0. The van der Waals surface area contributed by atoms with Gasteiger partial charge in [-0.1, -0.05) is 12.1 Å². The monoisotopic (exact) mass is 331 g/mol. The van der Waals surface area contributed by atoms with E-state index in [2.05, 4.69) is 0 Å². The zero-order valence-electron chi connectivity index (χ0n) is 13.9. The molecule has 0 aliphatic carbocycles. The fourth-order valence-electron chi connectivity index (χ4n) is 3.31. The number of carboxylic acid groups (broad SMARTS) is 1. The number of nitrogens with zero attached hydrogens (tertiary/aromatic N) is 3. The highest BCUT2D eigenvalue weighted by atomic mass is 16.4. The van der Waals surface area contributed by atoms with Crippen molar-refractivity contribution in [1.29, 1.82) is 0 Å².